The number of carbonyl (C=O) groups excluding carboxylic acids is 1. The van der Waals surface area contributed by atoms with Crippen LogP contribution in [0, 0.1) is 0 Å². The normalized spacial score (nSPS) is 16.5. The van der Waals surface area contributed by atoms with E-state index in [1.165, 1.54) is 160 Å². The van der Waals surface area contributed by atoms with Gasteiger partial charge in [-0.1, -0.05) is 134 Å². The van der Waals surface area contributed by atoms with Gasteiger partial charge in [0.1, 0.15) is 18.6 Å². The molecular formula is C42H80N3O+. The third-order valence-electron chi connectivity index (χ3n) is 9.89. The predicted molar refractivity (Wildman–Crippen MR) is 204 cm³/mol. The summed E-state index contributed by atoms with van der Waals surface area (Å²) in [6, 6.07) is 1.03. The van der Waals surface area contributed by atoms with Gasteiger partial charge in [-0.2, -0.15) is 0 Å². The molecule has 0 radical (unpaired) electrons. The van der Waals surface area contributed by atoms with E-state index in [0.29, 0.717) is 18.5 Å². The van der Waals surface area contributed by atoms with Crippen LogP contribution in [0.25, 0.3) is 0 Å². The molecule has 1 aliphatic rings. The van der Waals surface area contributed by atoms with Crippen LogP contribution < -0.4 is 10.6 Å². The van der Waals surface area contributed by atoms with Crippen LogP contribution in [0.3, 0.4) is 0 Å². The SMILES string of the molecule is CCCCCCCCC=CCCCCCCCC(=O)NC(C)C1=[N+](C(C)CCCCCCC=CCCCCCCCC)C(C)CN1. The monoisotopic (exact) mass is 643 g/mol. The fourth-order valence-electron chi connectivity index (χ4n) is 6.94. The topological polar surface area (TPSA) is 44.1 Å². The van der Waals surface area contributed by atoms with E-state index in [0.717, 1.165) is 19.4 Å². The third-order valence-corrected chi connectivity index (χ3v) is 9.89. The van der Waals surface area contributed by atoms with Gasteiger partial charge in [-0.05, 0) is 91.4 Å². The first-order chi connectivity index (χ1) is 22.5. The van der Waals surface area contributed by atoms with E-state index in [1.54, 1.807) is 0 Å². The van der Waals surface area contributed by atoms with Crippen LogP contribution in [0.2, 0.25) is 0 Å². The number of hydrogen-bond donors (Lipinski definition) is 2. The summed E-state index contributed by atoms with van der Waals surface area (Å²) in [6.07, 6.45) is 44.3. The van der Waals surface area contributed by atoms with Gasteiger partial charge < -0.3 is 5.32 Å². The van der Waals surface area contributed by atoms with Crippen LogP contribution in [-0.4, -0.2) is 41.0 Å². The molecular weight excluding hydrogens is 562 g/mol. The van der Waals surface area contributed by atoms with Gasteiger partial charge in [0.05, 0.1) is 6.04 Å². The minimum absolute atomic E-state index is 0.0474. The van der Waals surface area contributed by atoms with Crippen molar-refractivity contribution < 1.29 is 9.37 Å². The first-order valence-corrected chi connectivity index (χ1v) is 20.5. The van der Waals surface area contributed by atoms with Crippen molar-refractivity contribution in [2.24, 2.45) is 0 Å². The molecule has 1 aliphatic heterocycles. The van der Waals surface area contributed by atoms with E-state index < -0.39 is 0 Å². The van der Waals surface area contributed by atoms with Gasteiger partial charge in [0.15, 0.2) is 0 Å². The summed E-state index contributed by atoms with van der Waals surface area (Å²) in [6.45, 7) is 12.4. The van der Waals surface area contributed by atoms with E-state index in [4.69, 9.17) is 0 Å². The van der Waals surface area contributed by atoms with E-state index in [1.807, 2.05) is 0 Å². The lowest BCUT2D eigenvalue weighted by molar-refractivity contribution is -0.587. The van der Waals surface area contributed by atoms with Gasteiger partial charge in [-0.3, -0.25) is 14.7 Å². The van der Waals surface area contributed by atoms with E-state index in [-0.39, 0.29) is 11.9 Å². The van der Waals surface area contributed by atoms with Crippen LogP contribution in [0.1, 0.15) is 208 Å². The molecule has 3 atom stereocenters. The van der Waals surface area contributed by atoms with Crippen molar-refractivity contribution in [3.8, 4) is 0 Å². The van der Waals surface area contributed by atoms with Crippen molar-refractivity contribution in [2.75, 3.05) is 6.54 Å². The molecule has 4 nitrogen and oxygen atoms in total. The quantitative estimate of drug-likeness (QED) is 0.0435. The zero-order valence-corrected chi connectivity index (χ0v) is 31.7. The molecule has 2 N–H and O–H groups in total. The van der Waals surface area contributed by atoms with Crippen molar-refractivity contribution in [1.29, 1.82) is 0 Å². The lowest BCUT2D eigenvalue weighted by Gasteiger charge is -2.19. The van der Waals surface area contributed by atoms with Crippen LogP contribution in [0.15, 0.2) is 24.3 Å². The van der Waals surface area contributed by atoms with Crippen molar-refractivity contribution in [2.45, 2.75) is 226 Å². The summed E-state index contributed by atoms with van der Waals surface area (Å²) in [4.78, 5) is 12.7. The Morgan fingerprint density at radius 3 is 1.57 bits per heavy atom. The van der Waals surface area contributed by atoms with E-state index in [9.17, 15) is 4.79 Å². The molecule has 268 valence electrons. The number of nitrogens with zero attached hydrogens (tertiary/aromatic N) is 1. The molecule has 0 aromatic rings. The lowest BCUT2D eigenvalue weighted by Crippen LogP contribution is -2.47. The van der Waals surface area contributed by atoms with Crippen molar-refractivity contribution in [3.63, 3.8) is 0 Å². The van der Waals surface area contributed by atoms with Crippen molar-refractivity contribution >= 4 is 11.7 Å². The maximum atomic E-state index is 12.7. The second-order valence-corrected chi connectivity index (χ2v) is 14.5. The lowest BCUT2D eigenvalue weighted by atomic mass is 10.1. The third kappa shape index (κ3) is 22.9. The molecule has 4 heteroatoms. The molecule has 0 saturated heterocycles. The number of carbonyl (C=O) groups is 1. The van der Waals surface area contributed by atoms with Crippen molar-refractivity contribution in [1.82, 2.24) is 10.6 Å². The van der Waals surface area contributed by atoms with Gasteiger partial charge in [0, 0.05) is 6.42 Å². The number of amidine groups is 1. The Labute approximate surface area is 288 Å². The number of nitrogens with one attached hydrogen (secondary N) is 2. The highest BCUT2D eigenvalue weighted by Gasteiger charge is 2.35. The van der Waals surface area contributed by atoms with Gasteiger partial charge in [-0.15, -0.1) is 0 Å². The van der Waals surface area contributed by atoms with Crippen molar-refractivity contribution in [3.05, 3.63) is 24.3 Å². The molecule has 0 fully saturated rings. The molecule has 1 amide bonds. The average Bonchev–Trinajstić information content (AvgIpc) is 3.44. The van der Waals surface area contributed by atoms with E-state index >= 15 is 0 Å². The number of amides is 1. The predicted octanol–water partition coefficient (Wildman–Crippen LogP) is 12.0. The van der Waals surface area contributed by atoms with Gasteiger partial charge >= 0.3 is 0 Å². The maximum Gasteiger partial charge on any atom is 0.268 e. The van der Waals surface area contributed by atoms with Crippen LogP contribution in [0.4, 0.5) is 0 Å². The molecule has 0 bridgehead atoms. The second kappa shape index (κ2) is 30.7. The molecule has 46 heavy (non-hydrogen) atoms. The summed E-state index contributed by atoms with van der Waals surface area (Å²) in [5.74, 6) is 1.42. The Hall–Kier alpha value is -1.58. The summed E-state index contributed by atoms with van der Waals surface area (Å²) in [5.41, 5.74) is 0. The first kappa shape index (κ1) is 42.4. The van der Waals surface area contributed by atoms with Crippen LogP contribution >= 0.6 is 0 Å². The average molecular weight is 643 g/mol. The largest absolute Gasteiger partial charge is 0.342 e. The summed E-state index contributed by atoms with van der Waals surface area (Å²) in [7, 11) is 0. The highest BCUT2D eigenvalue weighted by Crippen LogP contribution is 2.15. The highest BCUT2D eigenvalue weighted by atomic mass is 16.1. The van der Waals surface area contributed by atoms with Gasteiger partial charge in [0.2, 0.25) is 5.91 Å². The second-order valence-electron chi connectivity index (χ2n) is 14.5. The summed E-state index contributed by atoms with van der Waals surface area (Å²) in [5, 5.41) is 6.93. The standard InChI is InChI=1S/C42H79N3O/c1-6-8-10-12-14-16-18-20-22-24-26-28-30-32-34-36-41(46)44-40(5)42-43-37-39(4)45(42)38(3)35-33-31-29-27-25-23-21-19-17-15-13-11-9-7-2/h20-23,38-40H,6-19,24-37H2,1-5H3,(H,44,46)/p+1. The zero-order valence-electron chi connectivity index (χ0n) is 31.7. The Morgan fingerprint density at radius 2 is 1.09 bits per heavy atom. The Bertz CT molecular complexity index is 801. The van der Waals surface area contributed by atoms with Gasteiger partial charge in [0.25, 0.3) is 5.84 Å². The fraction of sp³-hybridized carbons (Fsp3) is 0.857. The molecule has 0 aliphatic carbocycles. The van der Waals surface area contributed by atoms with Crippen LogP contribution in [0.5, 0.6) is 0 Å². The molecule has 0 aromatic carbocycles. The molecule has 0 aromatic heterocycles. The minimum Gasteiger partial charge on any atom is -0.342 e. The molecule has 3 unspecified atom stereocenters. The molecule has 0 saturated carbocycles. The minimum atomic E-state index is 0.0474. The Morgan fingerprint density at radius 1 is 0.674 bits per heavy atom. The van der Waals surface area contributed by atoms with E-state index in [2.05, 4.69) is 74.1 Å². The fourth-order valence-corrected chi connectivity index (χ4v) is 6.94. The molecule has 1 heterocycles. The van der Waals surface area contributed by atoms with Crippen LogP contribution in [-0.2, 0) is 4.79 Å². The zero-order chi connectivity index (χ0) is 33.5. The highest BCUT2D eigenvalue weighted by molar-refractivity contribution is 5.88. The number of hydrogen-bond acceptors (Lipinski definition) is 2. The first-order valence-electron chi connectivity index (χ1n) is 20.5. The van der Waals surface area contributed by atoms with Gasteiger partial charge in [-0.25, -0.2) is 0 Å². The maximum absolute atomic E-state index is 12.7. The molecule has 0 spiro atoms. The smallest absolute Gasteiger partial charge is 0.268 e. The summed E-state index contributed by atoms with van der Waals surface area (Å²) < 4.78 is 2.55. The summed E-state index contributed by atoms with van der Waals surface area (Å²) >= 11 is 0. The molecule has 1 rings (SSSR count). The number of rotatable bonds is 32. The number of unbranched alkanes of at least 4 members (excludes halogenated alkanes) is 21. The Balaban J connectivity index is 2.13. The Kier molecular flexibility index (Phi) is 28.4. The number of allylic oxidation sites excluding steroid dienone is 4.